The predicted octanol–water partition coefficient (Wildman–Crippen LogP) is 1.74. The standard InChI is InChI=1S/C10H13F2NO/c1-6(13)2-10(14)7-3-8(11)5-9(12)4-7/h3-6,10,14H,2,13H2,1H3. The summed E-state index contributed by atoms with van der Waals surface area (Å²) in [4.78, 5) is 0. The van der Waals surface area contributed by atoms with Gasteiger partial charge in [0, 0.05) is 12.1 Å². The van der Waals surface area contributed by atoms with Gasteiger partial charge in [-0.25, -0.2) is 8.78 Å². The van der Waals surface area contributed by atoms with Crippen LogP contribution in [0.4, 0.5) is 8.78 Å². The Hall–Kier alpha value is -1.00. The Bertz CT molecular complexity index is 295. The minimum absolute atomic E-state index is 0.212. The molecule has 0 spiro atoms. The SMILES string of the molecule is CC(N)CC(O)c1cc(F)cc(F)c1. The van der Waals surface area contributed by atoms with Gasteiger partial charge in [0.2, 0.25) is 0 Å². The Labute approximate surface area is 81.4 Å². The van der Waals surface area contributed by atoms with Crippen molar-refractivity contribution >= 4 is 0 Å². The monoisotopic (exact) mass is 201 g/mol. The zero-order chi connectivity index (χ0) is 10.7. The molecule has 0 radical (unpaired) electrons. The van der Waals surface area contributed by atoms with Crippen LogP contribution in [-0.2, 0) is 0 Å². The third-order valence-corrected chi connectivity index (χ3v) is 1.86. The highest BCUT2D eigenvalue weighted by molar-refractivity contribution is 5.20. The lowest BCUT2D eigenvalue weighted by atomic mass is 10.0. The molecule has 2 atom stereocenters. The lowest BCUT2D eigenvalue weighted by molar-refractivity contribution is 0.159. The summed E-state index contributed by atoms with van der Waals surface area (Å²) in [6, 6.07) is 2.77. The van der Waals surface area contributed by atoms with Crippen LogP contribution in [0.15, 0.2) is 18.2 Å². The normalized spacial score (nSPS) is 15.2. The molecule has 0 bridgehead atoms. The van der Waals surface area contributed by atoms with E-state index in [4.69, 9.17) is 5.73 Å². The van der Waals surface area contributed by atoms with Crippen LogP contribution in [-0.4, -0.2) is 11.1 Å². The topological polar surface area (TPSA) is 46.2 Å². The first-order valence-electron chi connectivity index (χ1n) is 4.38. The molecule has 0 aliphatic carbocycles. The number of benzene rings is 1. The Kier molecular flexibility index (Phi) is 3.55. The van der Waals surface area contributed by atoms with Gasteiger partial charge >= 0.3 is 0 Å². The molecule has 0 aliphatic rings. The fraction of sp³-hybridized carbons (Fsp3) is 0.400. The molecule has 1 rings (SSSR count). The lowest BCUT2D eigenvalue weighted by Gasteiger charge is -2.13. The molecule has 2 unspecified atom stereocenters. The van der Waals surface area contributed by atoms with Crippen LogP contribution < -0.4 is 5.73 Å². The molecule has 1 aromatic rings. The molecule has 0 aromatic heterocycles. The first-order valence-corrected chi connectivity index (χ1v) is 4.38. The smallest absolute Gasteiger partial charge is 0.126 e. The van der Waals surface area contributed by atoms with E-state index in [1.165, 1.54) is 0 Å². The summed E-state index contributed by atoms with van der Waals surface area (Å²) in [6.45, 7) is 1.72. The van der Waals surface area contributed by atoms with Gasteiger partial charge < -0.3 is 10.8 Å². The van der Waals surface area contributed by atoms with Crippen molar-refractivity contribution in [2.24, 2.45) is 5.73 Å². The van der Waals surface area contributed by atoms with Gasteiger partial charge in [0.05, 0.1) is 6.10 Å². The zero-order valence-corrected chi connectivity index (χ0v) is 7.87. The number of aliphatic hydroxyl groups excluding tert-OH is 1. The first kappa shape index (κ1) is 11.1. The van der Waals surface area contributed by atoms with Crippen LogP contribution in [0.2, 0.25) is 0 Å². The van der Waals surface area contributed by atoms with Crippen LogP contribution in [0.25, 0.3) is 0 Å². The van der Waals surface area contributed by atoms with Gasteiger partial charge in [0.15, 0.2) is 0 Å². The molecule has 0 aliphatic heterocycles. The van der Waals surface area contributed by atoms with Crippen molar-refractivity contribution in [3.8, 4) is 0 Å². The molecule has 0 saturated heterocycles. The molecule has 2 nitrogen and oxygen atoms in total. The minimum atomic E-state index is -0.916. The van der Waals surface area contributed by atoms with Gasteiger partial charge in [-0.1, -0.05) is 0 Å². The minimum Gasteiger partial charge on any atom is -0.388 e. The fourth-order valence-corrected chi connectivity index (χ4v) is 1.26. The number of rotatable bonds is 3. The van der Waals surface area contributed by atoms with Crippen LogP contribution >= 0.6 is 0 Å². The van der Waals surface area contributed by atoms with Gasteiger partial charge in [-0.3, -0.25) is 0 Å². The van der Waals surface area contributed by atoms with Crippen molar-refractivity contribution < 1.29 is 13.9 Å². The van der Waals surface area contributed by atoms with E-state index in [-0.39, 0.29) is 18.0 Å². The summed E-state index contributed by atoms with van der Waals surface area (Å²) >= 11 is 0. The van der Waals surface area contributed by atoms with E-state index in [9.17, 15) is 13.9 Å². The maximum absolute atomic E-state index is 12.7. The van der Waals surface area contributed by atoms with Gasteiger partial charge in [-0.05, 0) is 31.0 Å². The van der Waals surface area contributed by atoms with Crippen molar-refractivity contribution in [3.05, 3.63) is 35.4 Å². The Morgan fingerprint density at radius 2 is 1.79 bits per heavy atom. The van der Waals surface area contributed by atoms with Gasteiger partial charge in [0.25, 0.3) is 0 Å². The largest absolute Gasteiger partial charge is 0.388 e. The van der Waals surface area contributed by atoms with Crippen molar-refractivity contribution in [1.29, 1.82) is 0 Å². The summed E-state index contributed by atoms with van der Waals surface area (Å²) in [5, 5.41) is 9.53. The molecule has 3 N–H and O–H groups in total. The summed E-state index contributed by atoms with van der Waals surface area (Å²) in [5.74, 6) is -1.38. The third-order valence-electron chi connectivity index (χ3n) is 1.86. The quantitative estimate of drug-likeness (QED) is 0.782. The summed E-state index contributed by atoms with van der Waals surface area (Å²) < 4.78 is 25.5. The highest BCUT2D eigenvalue weighted by atomic mass is 19.1. The number of aliphatic hydroxyl groups is 1. The Morgan fingerprint density at radius 1 is 1.29 bits per heavy atom. The molecular weight excluding hydrogens is 188 g/mol. The molecule has 1 aromatic carbocycles. The molecule has 14 heavy (non-hydrogen) atoms. The maximum Gasteiger partial charge on any atom is 0.126 e. The van der Waals surface area contributed by atoms with E-state index < -0.39 is 17.7 Å². The second kappa shape index (κ2) is 4.48. The van der Waals surface area contributed by atoms with E-state index in [1.807, 2.05) is 0 Å². The molecule has 0 amide bonds. The van der Waals surface area contributed by atoms with Gasteiger partial charge in [-0.15, -0.1) is 0 Å². The van der Waals surface area contributed by atoms with Crippen molar-refractivity contribution in [2.75, 3.05) is 0 Å². The summed E-state index contributed by atoms with van der Waals surface area (Å²) in [7, 11) is 0. The van der Waals surface area contributed by atoms with Gasteiger partial charge in [-0.2, -0.15) is 0 Å². The second-order valence-corrected chi connectivity index (χ2v) is 3.43. The van der Waals surface area contributed by atoms with Crippen molar-refractivity contribution in [2.45, 2.75) is 25.5 Å². The van der Waals surface area contributed by atoms with Crippen LogP contribution in [0.1, 0.15) is 25.0 Å². The molecular formula is C10H13F2NO. The lowest BCUT2D eigenvalue weighted by Crippen LogP contribution is -2.18. The highest BCUT2D eigenvalue weighted by Gasteiger charge is 2.12. The number of nitrogens with two attached hydrogens (primary N) is 1. The summed E-state index contributed by atoms with van der Waals surface area (Å²) in [5.41, 5.74) is 5.68. The van der Waals surface area contributed by atoms with Crippen molar-refractivity contribution in [3.63, 3.8) is 0 Å². The van der Waals surface area contributed by atoms with E-state index in [2.05, 4.69) is 0 Å². The summed E-state index contributed by atoms with van der Waals surface area (Å²) in [6.07, 6.45) is -0.636. The highest BCUT2D eigenvalue weighted by Crippen LogP contribution is 2.19. The second-order valence-electron chi connectivity index (χ2n) is 3.43. The molecule has 0 saturated carbocycles. The zero-order valence-electron chi connectivity index (χ0n) is 7.87. The number of hydrogen-bond donors (Lipinski definition) is 2. The van der Waals surface area contributed by atoms with E-state index in [1.54, 1.807) is 6.92 Å². The molecule has 4 heteroatoms. The molecule has 0 fully saturated rings. The number of hydrogen-bond acceptors (Lipinski definition) is 2. The van der Waals surface area contributed by atoms with Crippen LogP contribution in [0.5, 0.6) is 0 Å². The third kappa shape index (κ3) is 3.05. The van der Waals surface area contributed by atoms with Crippen LogP contribution in [0, 0.1) is 11.6 Å². The van der Waals surface area contributed by atoms with Crippen molar-refractivity contribution in [1.82, 2.24) is 0 Å². The Balaban J connectivity index is 2.84. The van der Waals surface area contributed by atoms with E-state index >= 15 is 0 Å². The Morgan fingerprint density at radius 3 is 2.21 bits per heavy atom. The van der Waals surface area contributed by atoms with Gasteiger partial charge in [0.1, 0.15) is 11.6 Å². The van der Waals surface area contributed by atoms with E-state index in [0.717, 1.165) is 18.2 Å². The fourth-order valence-electron chi connectivity index (χ4n) is 1.26. The van der Waals surface area contributed by atoms with E-state index in [0.29, 0.717) is 0 Å². The average molecular weight is 201 g/mol. The molecule has 0 heterocycles. The first-order chi connectivity index (χ1) is 6.49. The predicted molar refractivity (Wildman–Crippen MR) is 49.6 cm³/mol. The maximum atomic E-state index is 12.7. The molecule has 78 valence electrons. The number of halogens is 2. The average Bonchev–Trinajstić information content (AvgIpc) is 2.00. The van der Waals surface area contributed by atoms with Crippen LogP contribution in [0.3, 0.4) is 0 Å².